The quantitative estimate of drug-likeness (QED) is 0.0292. The van der Waals surface area contributed by atoms with Crippen LogP contribution in [0.5, 0.6) is 0 Å². The van der Waals surface area contributed by atoms with Crippen molar-refractivity contribution in [3.8, 4) is 11.4 Å². The zero-order valence-corrected chi connectivity index (χ0v) is 36.8. The first-order valence-electron chi connectivity index (χ1n) is 21.4. The minimum absolute atomic E-state index is 0.0408. The molecule has 4 aromatic rings. The summed E-state index contributed by atoms with van der Waals surface area (Å²) in [6.07, 6.45) is -0.813. The average Bonchev–Trinajstić information content (AvgIpc) is 3.69. The number of aryl methyl sites for hydroxylation is 1. The summed E-state index contributed by atoms with van der Waals surface area (Å²) >= 11 is 0. The molecule has 67 heavy (non-hydrogen) atoms. The number of methoxy groups -OCH3 is 1. The van der Waals surface area contributed by atoms with E-state index in [9.17, 15) is 43.5 Å². The number of amides is 6. The molecule has 22 heteroatoms. The number of nitrogens with zero attached hydrogens (tertiary/aromatic N) is 2. The molecule has 0 fully saturated rings. The van der Waals surface area contributed by atoms with Gasteiger partial charge in [0.15, 0.2) is 5.60 Å². The molecule has 0 unspecified atom stereocenters. The van der Waals surface area contributed by atoms with Crippen molar-refractivity contribution in [2.24, 2.45) is 0 Å². The van der Waals surface area contributed by atoms with Gasteiger partial charge in [0, 0.05) is 29.0 Å². The van der Waals surface area contributed by atoms with Gasteiger partial charge in [0.2, 0.25) is 23.6 Å². The van der Waals surface area contributed by atoms with Crippen molar-refractivity contribution in [3.05, 3.63) is 97.6 Å². The second-order valence-corrected chi connectivity index (χ2v) is 16.0. The number of halogens is 1. The number of hydrogen-bond acceptors (Lipinski definition) is 14. The first-order valence-corrected chi connectivity index (χ1v) is 21.4. The Bertz CT molecular complexity index is 2710. The molecule has 0 saturated heterocycles. The zero-order chi connectivity index (χ0) is 48.0. The smallest absolute Gasteiger partial charge is 0.407 e. The van der Waals surface area contributed by atoms with Crippen LogP contribution in [-0.2, 0) is 74.5 Å². The summed E-state index contributed by atoms with van der Waals surface area (Å²) in [5.41, 5.74) is 1.94. The van der Waals surface area contributed by atoms with Gasteiger partial charge in [-0.1, -0.05) is 37.3 Å². The number of pyridine rings is 2. The van der Waals surface area contributed by atoms with Crippen LogP contribution in [-0.4, -0.2) is 109 Å². The van der Waals surface area contributed by atoms with Gasteiger partial charge in [0.1, 0.15) is 38.3 Å². The predicted molar refractivity (Wildman–Crippen MR) is 232 cm³/mol. The molecule has 3 atom stereocenters. The van der Waals surface area contributed by atoms with Crippen LogP contribution in [0.3, 0.4) is 0 Å². The molecule has 0 radical (unpaired) electrons. The van der Waals surface area contributed by atoms with E-state index in [1.165, 1.54) is 10.6 Å². The monoisotopic (exact) mass is 928 g/mol. The van der Waals surface area contributed by atoms with E-state index in [0.29, 0.717) is 57.4 Å². The number of fused-ring (bicyclic) bond motifs is 5. The van der Waals surface area contributed by atoms with Gasteiger partial charge < -0.3 is 60.5 Å². The fraction of sp³-hybridized carbons (Fsp3) is 0.400. The molecule has 21 nitrogen and oxygen atoms in total. The Morgan fingerprint density at radius 2 is 1.67 bits per heavy atom. The third-order valence-corrected chi connectivity index (χ3v) is 11.9. The second-order valence-electron chi connectivity index (χ2n) is 16.0. The van der Waals surface area contributed by atoms with E-state index in [2.05, 4.69) is 36.6 Å². The van der Waals surface area contributed by atoms with Crippen LogP contribution in [0.25, 0.3) is 22.3 Å². The highest BCUT2D eigenvalue weighted by molar-refractivity contribution is 5.94. The Labute approximate surface area is 381 Å². The topological polar surface area (TPSA) is 284 Å². The predicted octanol–water partition coefficient (Wildman–Crippen LogP) is 0.647. The minimum Gasteiger partial charge on any atom is -0.458 e. The molecule has 2 aromatic carbocycles. The molecule has 3 aliphatic rings. The fourth-order valence-electron chi connectivity index (χ4n) is 8.40. The lowest BCUT2D eigenvalue weighted by Crippen LogP contribution is -2.52. The standard InChI is InChI=1S/C45H49FN8O13/c1-4-45(63)28-15-33-39-26(20-54(33)41(59)27(28)21-67-42(45)60)38-30(11-10-25-23(2)29(46)16-31(52-39)37(25)38)53-44(62)66-13-12-65-22-50-35(56)17-48-40(58)32(14-24-8-6-5-7-9-24)51-36(57)19-47-34(55)18-49-43(61)64-3/h5-9,15-16,30,32,63H,4,10-14,17-22H2,1-3H3,(H,47,55)(H,48,58)(H,49,61)(H,50,56)(H,51,57)(H,53,62)/t30-,32-,45-/m0/s1. The van der Waals surface area contributed by atoms with Crippen LogP contribution >= 0.6 is 0 Å². The zero-order valence-electron chi connectivity index (χ0n) is 36.8. The van der Waals surface area contributed by atoms with Gasteiger partial charge in [-0.15, -0.1) is 0 Å². The second kappa shape index (κ2) is 20.4. The molecule has 0 saturated carbocycles. The Morgan fingerprint density at radius 1 is 0.940 bits per heavy atom. The summed E-state index contributed by atoms with van der Waals surface area (Å²) in [6.45, 7) is 0.984. The molecule has 0 bridgehead atoms. The first kappa shape index (κ1) is 47.5. The number of nitrogens with one attached hydrogen (secondary N) is 6. The number of esters is 1. The van der Waals surface area contributed by atoms with E-state index < -0.39 is 90.5 Å². The molecule has 7 N–H and O–H groups in total. The molecule has 7 rings (SSSR count). The molecule has 4 heterocycles. The average molecular weight is 929 g/mol. The minimum atomic E-state index is -2.04. The summed E-state index contributed by atoms with van der Waals surface area (Å²) in [4.78, 5) is 106. The summed E-state index contributed by atoms with van der Waals surface area (Å²) in [6, 6.07) is 9.91. The lowest BCUT2D eigenvalue weighted by Gasteiger charge is -2.31. The SMILES string of the molecule is CC[C@@]1(O)C(=O)OCc2c1cc1n(c2=O)Cc2c-1nc1cc(F)c(C)c3c1c2[C@@H](NC(=O)OCCOCNC(=O)CNC(=O)[C@H](Cc1ccccc1)NC(=O)CNC(=O)CNC(=O)OC)CC3. The van der Waals surface area contributed by atoms with Crippen molar-refractivity contribution in [2.45, 2.75) is 70.4 Å². The maximum Gasteiger partial charge on any atom is 0.407 e. The van der Waals surface area contributed by atoms with Gasteiger partial charge in [-0.3, -0.25) is 24.0 Å². The molecule has 6 amide bonds. The van der Waals surface area contributed by atoms with Gasteiger partial charge >= 0.3 is 18.2 Å². The van der Waals surface area contributed by atoms with Crippen molar-refractivity contribution >= 4 is 52.7 Å². The molecule has 1 aliphatic carbocycles. The number of aromatic nitrogens is 2. The molecular formula is C45H49FN8O13. The van der Waals surface area contributed by atoms with Crippen molar-refractivity contribution in [1.29, 1.82) is 0 Å². The lowest BCUT2D eigenvalue weighted by atomic mass is 9.81. The Kier molecular flexibility index (Phi) is 14.4. The molecule has 354 valence electrons. The van der Waals surface area contributed by atoms with Gasteiger partial charge in [-0.05, 0) is 54.5 Å². The highest BCUT2D eigenvalue weighted by atomic mass is 19.1. The number of rotatable bonds is 17. The van der Waals surface area contributed by atoms with E-state index in [-0.39, 0.29) is 57.1 Å². The highest BCUT2D eigenvalue weighted by Gasteiger charge is 2.46. The van der Waals surface area contributed by atoms with Gasteiger partial charge in [-0.2, -0.15) is 0 Å². The number of aliphatic hydroxyl groups is 1. The Hall–Kier alpha value is -7.46. The van der Waals surface area contributed by atoms with Crippen LogP contribution in [0, 0.1) is 12.7 Å². The number of cyclic esters (lactones) is 1. The van der Waals surface area contributed by atoms with Crippen molar-refractivity contribution < 1.29 is 62.0 Å². The normalized spacial score (nSPS) is 16.9. The lowest BCUT2D eigenvalue weighted by molar-refractivity contribution is -0.172. The number of alkyl carbamates (subject to hydrolysis) is 2. The first-order chi connectivity index (χ1) is 32.1. The van der Waals surface area contributed by atoms with E-state index in [4.69, 9.17) is 19.2 Å². The molecular weight excluding hydrogens is 880 g/mol. The van der Waals surface area contributed by atoms with Crippen LogP contribution in [0.1, 0.15) is 64.8 Å². The highest BCUT2D eigenvalue weighted by Crippen LogP contribution is 2.46. The van der Waals surface area contributed by atoms with E-state index >= 15 is 4.39 Å². The van der Waals surface area contributed by atoms with E-state index in [1.807, 2.05) is 0 Å². The summed E-state index contributed by atoms with van der Waals surface area (Å²) in [7, 11) is 1.13. The third kappa shape index (κ3) is 10.2. The molecule has 2 aromatic heterocycles. The maximum atomic E-state index is 15.3. The van der Waals surface area contributed by atoms with Crippen molar-refractivity contribution in [3.63, 3.8) is 0 Å². The van der Waals surface area contributed by atoms with Crippen LogP contribution in [0.2, 0.25) is 0 Å². The molecule has 2 aliphatic heterocycles. The van der Waals surface area contributed by atoms with Crippen LogP contribution in [0.4, 0.5) is 14.0 Å². The summed E-state index contributed by atoms with van der Waals surface area (Å²) in [5, 5.41) is 26.8. The number of ether oxygens (including phenoxy) is 4. The molecule has 0 spiro atoms. The number of benzene rings is 2. The Balaban J connectivity index is 0.916. The fourth-order valence-corrected chi connectivity index (χ4v) is 8.40. The van der Waals surface area contributed by atoms with Crippen molar-refractivity contribution in [2.75, 3.05) is 46.7 Å². The number of carbonyl (C=O) groups is 7. The largest absolute Gasteiger partial charge is 0.458 e. The Morgan fingerprint density at radius 3 is 2.42 bits per heavy atom. The van der Waals surface area contributed by atoms with E-state index in [1.54, 1.807) is 50.2 Å². The van der Waals surface area contributed by atoms with Crippen LogP contribution in [0.15, 0.2) is 47.3 Å². The number of hydrogen-bond donors (Lipinski definition) is 7. The van der Waals surface area contributed by atoms with Crippen molar-refractivity contribution in [1.82, 2.24) is 41.5 Å². The number of carbonyl (C=O) groups excluding carboxylic acids is 7. The summed E-state index contributed by atoms with van der Waals surface area (Å²) < 4.78 is 37.2. The van der Waals surface area contributed by atoms with Crippen LogP contribution < -0.4 is 37.5 Å². The summed E-state index contributed by atoms with van der Waals surface area (Å²) in [5.74, 6) is -3.99. The van der Waals surface area contributed by atoms with E-state index in [0.717, 1.165) is 12.7 Å². The van der Waals surface area contributed by atoms with Gasteiger partial charge in [0.05, 0.1) is 61.9 Å². The third-order valence-electron chi connectivity index (χ3n) is 11.9. The maximum absolute atomic E-state index is 15.3. The van der Waals surface area contributed by atoms with Gasteiger partial charge in [-0.25, -0.2) is 23.8 Å². The van der Waals surface area contributed by atoms with Gasteiger partial charge in [0.25, 0.3) is 5.56 Å².